The standard InChI is InChI=1S/C27H27FN6O5S/c1-31(2)26(37)27(38)32(3)20-13-17(28)5-4-16(20)12-19-14-29-24(40-19)22-23(35)25(36)34-15-18(6-7-21(34)30-22)33-8-10-39-11-9-33/h4-7,13-15,35H,8-12H2,1-3H3. The average molecular weight is 567 g/mol. The first-order valence-electron chi connectivity index (χ1n) is 12.4. The number of nitrogens with zero attached hydrogens (tertiary/aromatic N) is 6. The van der Waals surface area contributed by atoms with Crippen molar-refractivity contribution in [3.05, 3.63) is 69.3 Å². The number of aromatic nitrogens is 3. The van der Waals surface area contributed by atoms with E-state index in [1.807, 2.05) is 6.07 Å². The van der Waals surface area contributed by atoms with Crippen molar-refractivity contribution >= 4 is 40.2 Å². The highest BCUT2D eigenvalue weighted by atomic mass is 32.1. The molecular weight excluding hydrogens is 539 g/mol. The Balaban J connectivity index is 1.44. The molecule has 1 aliphatic rings. The number of thiazole rings is 1. The van der Waals surface area contributed by atoms with Crippen molar-refractivity contribution in [1.82, 2.24) is 19.3 Å². The van der Waals surface area contributed by atoms with E-state index in [0.717, 1.165) is 15.5 Å². The summed E-state index contributed by atoms with van der Waals surface area (Å²) >= 11 is 1.21. The Morgan fingerprint density at radius 2 is 1.88 bits per heavy atom. The van der Waals surface area contributed by atoms with Gasteiger partial charge in [0.05, 0.1) is 24.6 Å². The van der Waals surface area contributed by atoms with Gasteiger partial charge in [-0.05, 0) is 29.8 Å². The Bertz CT molecular complexity index is 1660. The summed E-state index contributed by atoms with van der Waals surface area (Å²) in [5.74, 6) is -2.61. The molecule has 0 unspecified atom stereocenters. The van der Waals surface area contributed by atoms with Crippen LogP contribution in [0.25, 0.3) is 16.3 Å². The van der Waals surface area contributed by atoms with Crippen molar-refractivity contribution in [3.63, 3.8) is 0 Å². The van der Waals surface area contributed by atoms with Gasteiger partial charge in [-0.2, -0.15) is 0 Å². The summed E-state index contributed by atoms with van der Waals surface area (Å²) in [6, 6.07) is 7.60. The Morgan fingerprint density at radius 1 is 1.12 bits per heavy atom. The van der Waals surface area contributed by atoms with Crippen LogP contribution in [0.3, 0.4) is 0 Å². The van der Waals surface area contributed by atoms with Gasteiger partial charge in [0.25, 0.3) is 0 Å². The minimum Gasteiger partial charge on any atom is -0.501 e. The summed E-state index contributed by atoms with van der Waals surface area (Å²) in [7, 11) is 4.34. The highest BCUT2D eigenvalue weighted by Gasteiger charge is 2.24. The van der Waals surface area contributed by atoms with E-state index in [-0.39, 0.29) is 17.8 Å². The number of carbonyl (C=O) groups is 2. The van der Waals surface area contributed by atoms with Crippen molar-refractivity contribution in [2.24, 2.45) is 0 Å². The van der Waals surface area contributed by atoms with Gasteiger partial charge in [-0.1, -0.05) is 6.07 Å². The summed E-state index contributed by atoms with van der Waals surface area (Å²) in [6.45, 7) is 2.60. The van der Waals surface area contributed by atoms with E-state index in [4.69, 9.17) is 4.74 Å². The summed E-state index contributed by atoms with van der Waals surface area (Å²) < 4.78 is 20.8. The Morgan fingerprint density at radius 3 is 2.60 bits per heavy atom. The van der Waals surface area contributed by atoms with Gasteiger partial charge in [0.15, 0.2) is 0 Å². The maximum absolute atomic E-state index is 14.1. The normalized spacial score (nSPS) is 13.4. The van der Waals surface area contributed by atoms with Gasteiger partial charge < -0.3 is 24.5 Å². The Labute approximate surface area is 232 Å². The van der Waals surface area contributed by atoms with Gasteiger partial charge in [0.1, 0.15) is 22.2 Å². The number of anilines is 2. The molecule has 2 amide bonds. The van der Waals surface area contributed by atoms with Crippen LogP contribution in [-0.2, 0) is 20.7 Å². The summed E-state index contributed by atoms with van der Waals surface area (Å²) in [5, 5.41) is 11.1. The van der Waals surface area contributed by atoms with Crippen LogP contribution in [0.1, 0.15) is 10.4 Å². The highest BCUT2D eigenvalue weighted by molar-refractivity contribution is 7.15. The zero-order valence-electron chi connectivity index (χ0n) is 22.1. The van der Waals surface area contributed by atoms with Crippen molar-refractivity contribution in [2.75, 3.05) is 57.2 Å². The van der Waals surface area contributed by atoms with Gasteiger partial charge in [-0.25, -0.2) is 14.4 Å². The third kappa shape index (κ3) is 5.25. The van der Waals surface area contributed by atoms with Gasteiger partial charge in [0, 0.05) is 57.9 Å². The molecular formula is C27H27FN6O5S. The van der Waals surface area contributed by atoms with Crippen molar-refractivity contribution < 1.29 is 23.8 Å². The number of halogens is 1. The summed E-state index contributed by atoms with van der Waals surface area (Å²) in [5.41, 5.74) is 1.47. The third-order valence-electron chi connectivity index (χ3n) is 6.58. The number of pyridine rings is 1. The van der Waals surface area contributed by atoms with Crippen molar-refractivity contribution in [2.45, 2.75) is 6.42 Å². The maximum Gasteiger partial charge on any atom is 0.316 e. The molecule has 0 saturated carbocycles. The van der Waals surface area contributed by atoms with Gasteiger partial charge in [-0.15, -0.1) is 11.3 Å². The Kier molecular flexibility index (Phi) is 7.50. The first-order chi connectivity index (χ1) is 19.1. The number of aromatic hydroxyl groups is 1. The number of ether oxygens (including phenoxy) is 1. The van der Waals surface area contributed by atoms with E-state index in [9.17, 15) is 23.9 Å². The number of likely N-dealkylation sites (N-methyl/N-ethyl adjacent to an activating group) is 2. The quantitative estimate of drug-likeness (QED) is 0.365. The molecule has 11 nitrogen and oxygen atoms in total. The Hall–Kier alpha value is -4.36. The molecule has 0 bridgehead atoms. The zero-order chi connectivity index (χ0) is 28.6. The molecule has 0 spiro atoms. The maximum atomic E-state index is 14.1. The molecule has 1 fully saturated rings. The molecule has 0 radical (unpaired) electrons. The first-order valence-corrected chi connectivity index (χ1v) is 13.3. The number of benzene rings is 1. The minimum atomic E-state index is -0.801. The van der Waals surface area contributed by atoms with Crippen LogP contribution in [0.2, 0.25) is 0 Å². The van der Waals surface area contributed by atoms with Gasteiger partial charge >= 0.3 is 17.4 Å². The van der Waals surface area contributed by atoms with E-state index < -0.39 is 28.9 Å². The fourth-order valence-corrected chi connectivity index (χ4v) is 5.33. The second-order valence-corrected chi connectivity index (χ2v) is 10.6. The largest absolute Gasteiger partial charge is 0.501 e. The zero-order valence-corrected chi connectivity index (χ0v) is 22.9. The number of hydrogen-bond acceptors (Lipinski definition) is 9. The highest BCUT2D eigenvalue weighted by Crippen LogP contribution is 2.32. The summed E-state index contributed by atoms with van der Waals surface area (Å²) in [6.07, 6.45) is 3.49. The lowest BCUT2D eigenvalue weighted by Crippen LogP contribution is -2.40. The van der Waals surface area contributed by atoms with Crippen LogP contribution in [0, 0.1) is 5.82 Å². The average Bonchev–Trinajstić information content (AvgIpc) is 3.43. The SMILES string of the molecule is CN(C)C(=O)C(=O)N(C)c1cc(F)ccc1Cc1cnc(-c2nc3ccc(N4CCOCC4)cn3c(=O)c2O)s1. The predicted octanol–water partition coefficient (Wildman–Crippen LogP) is 2.14. The lowest BCUT2D eigenvalue weighted by molar-refractivity contribution is -0.142. The molecule has 3 aromatic heterocycles. The molecule has 0 aliphatic carbocycles. The second kappa shape index (κ2) is 11.0. The lowest BCUT2D eigenvalue weighted by Gasteiger charge is -2.28. The first kappa shape index (κ1) is 27.2. The molecule has 208 valence electrons. The van der Waals surface area contributed by atoms with E-state index in [1.165, 1.54) is 55.1 Å². The van der Waals surface area contributed by atoms with Gasteiger partial charge in [-0.3, -0.25) is 18.8 Å². The minimum absolute atomic E-state index is 0.0589. The molecule has 1 N–H and O–H groups in total. The molecule has 1 saturated heterocycles. The molecule has 40 heavy (non-hydrogen) atoms. The molecule has 5 rings (SSSR count). The number of rotatable bonds is 5. The molecule has 4 heterocycles. The number of fused-ring (bicyclic) bond motifs is 1. The van der Waals surface area contributed by atoms with Crippen LogP contribution in [0.15, 0.2) is 47.5 Å². The fourth-order valence-electron chi connectivity index (χ4n) is 4.41. The molecule has 4 aromatic rings. The van der Waals surface area contributed by atoms with Crippen LogP contribution in [0.4, 0.5) is 15.8 Å². The molecule has 0 atom stereocenters. The fraction of sp³-hybridized carbons (Fsp3) is 0.296. The van der Waals surface area contributed by atoms with E-state index in [1.54, 1.807) is 18.5 Å². The summed E-state index contributed by atoms with van der Waals surface area (Å²) in [4.78, 5) is 51.8. The number of hydrogen-bond donors (Lipinski definition) is 1. The van der Waals surface area contributed by atoms with Crippen molar-refractivity contribution in [1.29, 1.82) is 0 Å². The van der Waals surface area contributed by atoms with E-state index >= 15 is 0 Å². The molecule has 13 heteroatoms. The van der Waals surface area contributed by atoms with E-state index in [2.05, 4.69) is 14.9 Å². The topological polar surface area (TPSA) is 121 Å². The van der Waals surface area contributed by atoms with Crippen LogP contribution < -0.4 is 15.4 Å². The van der Waals surface area contributed by atoms with E-state index in [0.29, 0.717) is 47.4 Å². The van der Waals surface area contributed by atoms with Crippen LogP contribution in [-0.4, -0.2) is 83.6 Å². The molecule has 1 aliphatic heterocycles. The molecule has 1 aromatic carbocycles. The smallest absolute Gasteiger partial charge is 0.316 e. The second-order valence-electron chi connectivity index (χ2n) is 9.47. The predicted molar refractivity (Wildman–Crippen MR) is 149 cm³/mol. The third-order valence-corrected chi connectivity index (χ3v) is 7.59. The van der Waals surface area contributed by atoms with Crippen LogP contribution in [0.5, 0.6) is 5.75 Å². The number of morpholine rings is 1. The number of amides is 2. The lowest BCUT2D eigenvalue weighted by atomic mass is 10.1. The number of carbonyl (C=O) groups excluding carboxylic acids is 2. The van der Waals surface area contributed by atoms with Crippen molar-refractivity contribution in [3.8, 4) is 16.5 Å². The monoisotopic (exact) mass is 566 g/mol. The van der Waals surface area contributed by atoms with Gasteiger partial charge in [0.2, 0.25) is 5.75 Å². The van der Waals surface area contributed by atoms with Crippen LogP contribution >= 0.6 is 11.3 Å².